The summed E-state index contributed by atoms with van der Waals surface area (Å²) in [5, 5.41) is 0. The summed E-state index contributed by atoms with van der Waals surface area (Å²) in [6.07, 6.45) is -3.81. The molecule has 0 amide bonds. The largest absolute Gasteiger partial charge is 0.401 e. The maximum absolute atomic E-state index is 11.9. The number of halogens is 3. The minimum Gasteiger partial charge on any atom is -0.393 e. The third-order valence-corrected chi connectivity index (χ3v) is 1.73. The van der Waals surface area contributed by atoms with Crippen molar-refractivity contribution in [3.05, 3.63) is 0 Å². The third-order valence-electron chi connectivity index (χ3n) is 1.52. The van der Waals surface area contributed by atoms with Crippen molar-refractivity contribution in [1.82, 2.24) is 4.90 Å². The molecule has 0 atom stereocenters. The van der Waals surface area contributed by atoms with Gasteiger partial charge in [-0.15, -0.1) is 0 Å². The van der Waals surface area contributed by atoms with Gasteiger partial charge < -0.3 is 5.73 Å². The van der Waals surface area contributed by atoms with Gasteiger partial charge in [0.25, 0.3) is 0 Å². The lowest BCUT2D eigenvalue weighted by atomic mass is 10.3. The Kier molecular flexibility index (Phi) is 5.24. The molecule has 0 saturated heterocycles. The van der Waals surface area contributed by atoms with Crippen molar-refractivity contribution in [3.8, 4) is 0 Å². The van der Waals surface area contributed by atoms with Gasteiger partial charge in [-0.05, 0) is 6.54 Å². The molecule has 13 heavy (non-hydrogen) atoms. The van der Waals surface area contributed by atoms with Crippen LogP contribution in [0.25, 0.3) is 0 Å². The molecule has 0 aromatic heterocycles. The molecular weight excluding hydrogens is 201 g/mol. The van der Waals surface area contributed by atoms with Crippen LogP contribution in [-0.4, -0.2) is 35.7 Å². The van der Waals surface area contributed by atoms with Gasteiger partial charge >= 0.3 is 6.18 Å². The highest BCUT2D eigenvalue weighted by Gasteiger charge is 2.29. The fourth-order valence-electron chi connectivity index (χ4n) is 0.871. The number of hydrogen-bond donors (Lipinski definition) is 1. The number of thiocarbonyl (C=S) groups is 1. The minimum absolute atomic E-state index is 0.251. The van der Waals surface area contributed by atoms with Crippen molar-refractivity contribution in [3.63, 3.8) is 0 Å². The third kappa shape index (κ3) is 7.98. The van der Waals surface area contributed by atoms with Crippen molar-refractivity contribution in [1.29, 1.82) is 0 Å². The molecule has 0 rings (SSSR count). The molecule has 0 aliphatic carbocycles. The molecule has 0 fully saturated rings. The molecule has 2 N–H and O–H groups in total. The van der Waals surface area contributed by atoms with Gasteiger partial charge in [0.1, 0.15) is 0 Å². The molecule has 0 aromatic rings. The van der Waals surface area contributed by atoms with Crippen LogP contribution in [0.5, 0.6) is 0 Å². The Bertz CT molecular complexity index is 170. The van der Waals surface area contributed by atoms with Gasteiger partial charge in [0, 0.05) is 13.0 Å². The smallest absolute Gasteiger partial charge is 0.393 e. The Balaban J connectivity index is 3.83. The van der Waals surface area contributed by atoms with E-state index in [2.05, 4.69) is 12.2 Å². The van der Waals surface area contributed by atoms with E-state index in [-0.39, 0.29) is 11.5 Å². The highest BCUT2D eigenvalue weighted by molar-refractivity contribution is 7.80. The van der Waals surface area contributed by atoms with Gasteiger partial charge in [-0.1, -0.05) is 19.1 Å². The fourth-order valence-corrected chi connectivity index (χ4v) is 0.962. The first-order chi connectivity index (χ1) is 5.85. The average molecular weight is 214 g/mol. The molecule has 0 radical (unpaired) electrons. The summed E-state index contributed by atoms with van der Waals surface area (Å²) in [6, 6.07) is 0. The molecule has 0 saturated carbocycles. The maximum Gasteiger partial charge on any atom is 0.401 e. The topological polar surface area (TPSA) is 29.3 Å². The number of rotatable bonds is 5. The van der Waals surface area contributed by atoms with Crippen LogP contribution >= 0.6 is 12.2 Å². The lowest BCUT2D eigenvalue weighted by molar-refractivity contribution is -0.145. The number of nitrogens with two attached hydrogens (primary N) is 1. The molecule has 6 heteroatoms. The van der Waals surface area contributed by atoms with Crippen LogP contribution < -0.4 is 5.73 Å². The lowest BCUT2D eigenvalue weighted by Crippen LogP contribution is -2.36. The van der Waals surface area contributed by atoms with Gasteiger partial charge in [-0.3, -0.25) is 4.90 Å². The second-order valence-electron chi connectivity index (χ2n) is 2.70. The van der Waals surface area contributed by atoms with E-state index in [4.69, 9.17) is 5.73 Å². The zero-order chi connectivity index (χ0) is 10.5. The second kappa shape index (κ2) is 5.39. The molecule has 0 bridgehead atoms. The van der Waals surface area contributed by atoms with Crippen LogP contribution in [0.4, 0.5) is 13.2 Å². The van der Waals surface area contributed by atoms with E-state index in [0.29, 0.717) is 13.0 Å². The molecular formula is C7H13F3N2S. The van der Waals surface area contributed by atoms with Crippen molar-refractivity contribution < 1.29 is 13.2 Å². The van der Waals surface area contributed by atoms with Crippen LogP contribution in [0.2, 0.25) is 0 Å². The lowest BCUT2D eigenvalue weighted by Gasteiger charge is -2.21. The normalized spacial score (nSPS) is 12.1. The van der Waals surface area contributed by atoms with E-state index in [1.54, 1.807) is 6.92 Å². The van der Waals surface area contributed by atoms with E-state index in [0.717, 1.165) is 0 Å². The Morgan fingerprint density at radius 1 is 1.46 bits per heavy atom. The van der Waals surface area contributed by atoms with Crippen molar-refractivity contribution in [2.75, 3.05) is 19.6 Å². The first-order valence-corrected chi connectivity index (χ1v) is 4.33. The average Bonchev–Trinajstić information content (AvgIpc) is 1.95. The molecule has 0 spiro atoms. The standard InChI is InChI=1S/C7H13F3N2S/c1-2-12(4-3-6(11)13)5-7(8,9)10/h2-5H2,1H3,(H2,11,13). The number of alkyl halides is 3. The summed E-state index contributed by atoms with van der Waals surface area (Å²) >= 11 is 4.57. The van der Waals surface area contributed by atoms with E-state index in [1.165, 1.54) is 4.90 Å². The van der Waals surface area contributed by atoms with Gasteiger partial charge in [-0.25, -0.2) is 0 Å². The summed E-state index contributed by atoms with van der Waals surface area (Å²) in [6.45, 7) is 1.39. The Morgan fingerprint density at radius 2 is 2.00 bits per heavy atom. The van der Waals surface area contributed by atoms with Crippen molar-refractivity contribution >= 4 is 17.2 Å². The predicted molar refractivity (Wildman–Crippen MR) is 49.6 cm³/mol. The number of nitrogens with zero attached hydrogens (tertiary/aromatic N) is 1. The number of hydrogen-bond acceptors (Lipinski definition) is 2. The summed E-state index contributed by atoms with van der Waals surface area (Å²) in [5.74, 6) is 0. The van der Waals surface area contributed by atoms with E-state index >= 15 is 0 Å². The Morgan fingerprint density at radius 3 is 2.31 bits per heavy atom. The zero-order valence-corrected chi connectivity index (χ0v) is 8.21. The predicted octanol–water partition coefficient (Wildman–Crippen LogP) is 1.55. The van der Waals surface area contributed by atoms with Gasteiger partial charge in [-0.2, -0.15) is 13.2 Å². The van der Waals surface area contributed by atoms with E-state index in [9.17, 15) is 13.2 Å². The molecule has 2 nitrogen and oxygen atoms in total. The van der Waals surface area contributed by atoms with E-state index in [1.807, 2.05) is 0 Å². The Hall–Kier alpha value is -0.360. The molecule has 0 aliphatic heterocycles. The molecule has 0 heterocycles. The molecule has 0 aromatic carbocycles. The fraction of sp³-hybridized carbons (Fsp3) is 0.857. The second-order valence-corrected chi connectivity index (χ2v) is 3.22. The quantitative estimate of drug-likeness (QED) is 0.704. The maximum atomic E-state index is 11.9. The summed E-state index contributed by atoms with van der Waals surface area (Å²) in [7, 11) is 0. The van der Waals surface area contributed by atoms with Gasteiger partial charge in [0.2, 0.25) is 0 Å². The summed E-state index contributed by atoms with van der Waals surface area (Å²) in [4.78, 5) is 1.51. The van der Waals surface area contributed by atoms with Crippen LogP contribution in [0.15, 0.2) is 0 Å². The van der Waals surface area contributed by atoms with Crippen molar-refractivity contribution in [2.24, 2.45) is 5.73 Å². The van der Waals surface area contributed by atoms with Crippen molar-refractivity contribution in [2.45, 2.75) is 19.5 Å². The van der Waals surface area contributed by atoms with Crippen LogP contribution in [-0.2, 0) is 0 Å². The molecule has 78 valence electrons. The van der Waals surface area contributed by atoms with Crippen LogP contribution in [0.1, 0.15) is 13.3 Å². The molecule has 0 aliphatic rings. The monoisotopic (exact) mass is 214 g/mol. The zero-order valence-electron chi connectivity index (χ0n) is 7.40. The molecule has 0 unspecified atom stereocenters. The highest BCUT2D eigenvalue weighted by Crippen LogP contribution is 2.16. The minimum atomic E-state index is -4.15. The van der Waals surface area contributed by atoms with Crippen LogP contribution in [0, 0.1) is 0 Å². The first-order valence-electron chi connectivity index (χ1n) is 3.92. The highest BCUT2D eigenvalue weighted by atomic mass is 32.1. The van der Waals surface area contributed by atoms with Gasteiger partial charge in [0.15, 0.2) is 0 Å². The summed E-state index contributed by atoms with van der Waals surface area (Å²) in [5.41, 5.74) is 5.18. The Labute approximate surface area is 80.9 Å². The van der Waals surface area contributed by atoms with E-state index < -0.39 is 12.7 Å². The van der Waals surface area contributed by atoms with Gasteiger partial charge in [0.05, 0.1) is 11.5 Å². The SMILES string of the molecule is CCN(CCC(N)=S)CC(F)(F)F. The summed E-state index contributed by atoms with van der Waals surface area (Å²) < 4.78 is 35.7. The van der Waals surface area contributed by atoms with Crippen LogP contribution in [0.3, 0.4) is 0 Å². The first kappa shape index (κ1) is 12.6.